The van der Waals surface area contributed by atoms with Crippen LogP contribution in [0.5, 0.6) is 23.0 Å². The second-order valence-corrected chi connectivity index (χ2v) is 13.2. The van der Waals surface area contributed by atoms with E-state index in [0.717, 1.165) is 100 Å². The molecule has 0 radical (unpaired) electrons. The first-order valence-corrected chi connectivity index (χ1v) is 17.3. The number of furan rings is 1. The topological polar surface area (TPSA) is 34.8 Å². The van der Waals surface area contributed by atoms with Crippen molar-refractivity contribution >= 4 is 72.9 Å². The van der Waals surface area contributed by atoms with Gasteiger partial charge in [0.05, 0.1) is 17.1 Å². The maximum atomic E-state index is 6.80. The largest absolute Gasteiger partial charge is 0.458 e. The number of para-hydroxylation sites is 3. The molecule has 9 aromatic rings. The molecule has 0 atom stereocenters. The van der Waals surface area contributed by atoms with Crippen molar-refractivity contribution in [3.8, 4) is 34.1 Å². The first-order chi connectivity index (χ1) is 25.3. The smallest absolute Gasteiger partial charge is 0.260 e. The molecule has 0 N–H and O–H groups in total. The third kappa shape index (κ3) is 4.22. The molecule has 2 aliphatic rings. The van der Waals surface area contributed by atoms with Crippen molar-refractivity contribution in [1.82, 2.24) is 0 Å². The van der Waals surface area contributed by atoms with Crippen LogP contribution in [0.15, 0.2) is 174 Å². The summed E-state index contributed by atoms with van der Waals surface area (Å²) >= 11 is 0. The van der Waals surface area contributed by atoms with E-state index in [2.05, 4.69) is 150 Å². The van der Waals surface area contributed by atoms with Gasteiger partial charge >= 0.3 is 0 Å². The number of hydrogen-bond donors (Lipinski definition) is 0. The van der Waals surface area contributed by atoms with Crippen LogP contribution in [0.4, 0.5) is 17.1 Å². The molecule has 0 bridgehead atoms. The fourth-order valence-electron chi connectivity index (χ4n) is 8.21. The zero-order valence-electron chi connectivity index (χ0n) is 27.4. The predicted molar refractivity (Wildman–Crippen MR) is 209 cm³/mol. The van der Waals surface area contributed by atoms with E-state index in [0.29, 0.717) is 0 Å². The summed E-state index contributed by atoms with van der Waals surface area (Å²) in [5.74, 6) is 3.31. The minimum atomic E-state index is -0.00141. The highest BCUT2D eigenvalue weighted by molar-refractivity contribution is 6.98. The van der Waals surface area contributed by atoms with Gasteiger partial charge in [-0.2, -0.15) is 0 Å². The van der Waals surface area contributed by atoms with Crippen LogP contribution in [0.25, 0.3) is 43.8 Å². The van der Waals surface area contributed by atoms with Crippen molar-refractivity contribution in [1.29, 1.82) is 0 Å². The highest BCUT2D eigenvalue weighted by atomic mass is 16.5. The van der Waals surface area contributed by atoms with Gasteiger partial charge in [0, 0.05) is 39.3 Å². The maximum Gasteiger partial charge on any atom is 0.260 e. The molecule has 51 heavy (non-hydrogen) atoms. The Labute approximate surface area is 294 Å². The van der Waals surface area contributed by atoms with Crippen LogP contribution in [-0.4, -0.2) is 6.71 Å². The van der Waals surface area contributed by atoms with Gasteiger partial charge in [0.15, 0.2) is 0 Å². The summed E-state index contributed by atoms with van der Waals surface area (Å²) in [6.45, 7) is -0.00141. The number of benzene rings is 8. The van der Waals surface area contributed by atoms with Gasteiger partial charge in [0.25, 0.3) is 6.71 Å². The lowest BCUT2D eigenvalue weighted by atomic mass is 9.35. The third-order valence-corrected chi connectivity index (χ3v) is 10.4. The van der Waals surface area contributed by atoms with E-state index in [1.807, 2.05) is 24.3 Å². The Morgan fingerprint density at radius 3 is 1.84 bits per heavy atom. The Morgan fingerprint density at radius 1 is 0.451 bits per heavy atom. The van der Waals surface area contributed by atoms with Crippen LogP contribution in [0.3, 0.4) is 0 Å². The van der Waals surface area contributed by atoms with Crippen molar-refractivity contribution in [2.45, 2.75) is 0 Å². The van der Waals surface area contributed by atoms with Crippen LogP contribution >= 0.6 is 0 Å². The second-order valence-electron chi connectivity index (χ2n) is 13.2. The molecule has 238 valence electrons. The van der Waals surface area contributed by atoms with Crippen molar-refractivity contribution in [3.63, 3.8) is 0 Å². The highest BCUT2D eigenvalue weighted by Crippen LogP contribution is 2.50. The van der Waals surface area contributed by atoms with E-state index in [1.165, 1.54) is 0 Å². The molecule has 2 aliphatic heterocycles. The van der Waals surface area contributed by atoms with Crippen molar-refractivity contribution in [2.75, 3.05) is 4.90 Å². The van der Waals surface area contributed by atoms with Gasteiger partial charge in [0.2, 0.25) is 0 Å². The normalized spacial score (nSPS) is 12.6. The quantitative estimate of drug-likeness (QED) is 0.177. The number of nitrogens with zero attached hydrogens (tertiary/aromatic N) is 1. The van der Waals surface area contributed by atoms with Crippen molar-refractivity contribution in [3.05, 3.63) is 170 Å². The summed E-state index contributed by atoms with van der Waals surface area (Å²) in [4.78, 5) is 2.37. The standard InChI is InChI=1S/C46H28BNO3/c1-2-14-30(15-3-1)44-37(25-26-41-45(44)33-18-6-9-22-38(33)49-41)48(36-21-12-16-29-13-4-5-17-32(29)36)31-27-42-46-43(28-31)51-40-24-11-8-20-35(40)47(46)34-19-7-10-23-39(34)50-42/h1-28H. The summed E-state index contributed by atoms with van der Waals surface area (Å²) in [7, 11) is 0. The van der Waals surface area contributed by atoms with Crippen molar-refractivity contribution in [2.24, 2.45) is 0 Å². The van der Waals surface area contributed by atoms with Crippen molar-refractivity contribution < 1.29 is 13.9 Å². The van der Waals surface area contributed by atoms with Gasteiger partial charge in [-0.05, 0) is 58.3 Å². The fraction of sp³-hybridized carbons (Fsp3) is 0. The molecule has 1 aromatic heterocycles. The molecule has 0 spiro atoms. The van der Waals surface area contributed by atoms with E-state index in [9.17, 15) is 0 Å². The molecular weight excluding hydrogens is 625 g/mol. The van der Waals surface area contributed by atoms with Crippen LogP contribution < -0.4 is 30.8 Å². The second kappa shape index (κ2) is 10.9. The minimum absolute atomic E-state index is 0.00141. The van der Waals surface area contributed by atoms with Gasteiger partial charge in [-0.25, -0.2) is 0 Å². The number of fused-ring (bicyclic) bond motifs is 8. The van der Waals surface area contributed by atoms with Gasteiger partial charge in [-0.15, -0.1) is 0 Å². The van der Waals surface area contributed by atoms with E-state index in [1.54, 1.807) is 0 Å². The maximum absolute atomic E-state index is 6.80. The summed E-state index contributed by atoms with van der Waals surface area (Å²) in [5.41, 5.74) is 10.2. The lowest BCUT2D eigenvalue weighted by molar-refractivity contribution is 0.465. The number of rotatable bonds is 4. The summed E-state index contributed by atoms with van der Waals surface area (Å²) < 4.78 is 20.1. The fourth-order valence-corrected chi connectivity index (χ4v) is 8.21. The molecule has 0 saturated heterocycles. The molecule has 4 nitrogen and oxygen atoms in total. The average Bonchev–Trinajstić information content (AvgIpc) is 3.57. The molecule has 3 heterocycles. The molecule has 11 rings (SSSR count). The van der Waals surface area contributed by atoms with Gasteiger partial charge < -0.3 is 18.8 Å². The minimum Gasteiger partial charge on any atom is -0.458 e. The van der Waals surface area contributed by atoms with E-state index in [-0.39, 0.29) is 6.71 Å². The predicted octanol–water partition coefficient (Wildman–Crippen LogP) is 10.6. The molecule has 8 aromatic carbocycles. The van der Waals surface area contributed by atoms with E-state index in [4.69, 9.17) is 13.9 Å². The number of anilines is 3. The monoisotopic (exact) mass is 653 g/mol. The Hall–Kier alpha value is -6.72. The molecule has 5 heteroatoms. The Morgan fingerprint density at radius 2 is 1.08 bits per heavy atom. The third-order valence-electron chi connectivity index (χ3n) is 10.4. The Balaban J connectivity index is 1.24. The molecule has 0 amide bonds. The van der Waals surface area contributed by atoms with Crippen LogP contribution in [0, 0.1) is 0 Å². The Bertz CT molecular complexity index is 2770. The van der Waals surface area contributed by atoms with Crippen LogP contribution in [0.1, 0.15) is 0 Å². The first kappa shape index (κ1) is 28.2. The van der Waals surface area contributed by atoms with Crippen LogP contribution in [0.2, 0.25) is 0 Å². The summed E-state index contributed by atoms with van der Waals surface area (Å²) in [6.07, 6.45) is 0. The zero-order valence-corrected chi connectivity index (χ0v) is 27.4. The SMILES string of the molecule is c1ccc(-c2c(N(c3cc4c5c(c3)Oc3ccccc3B5c3ccccc3O4)c3cccc4ccccc34)ccc3oc4ccccc4c23)cc1. The molecule has 0 fully saturated rings. The van der Waals surface area contributed by atoms with Crippen LogP contribution in [-0.2, 0) is 0 Å². The zero-order chi connectivity index (χ0) is 33.5. The highest BCUT2D eigenvalue weighted by Gasteiger charge is 2.40. The summed E-state index contributed by atoms with van der Waals surface area (Å²) in [6, 6.07) is 59.4. The lowest BCUT2D eigenvalue weighted by Gasteiger charge is -2.35. The molecular formula is C46H28BNO3. The number of hydrogen-bond acceptors (Lipinski definition) is 4. The van der Waals surface area contributed by atoms with Gasteiger partial charge in [-0.3, -0.25) is 0 Å². The summed E-state index contributed by atoms with van der Waals surface area (Å²) in [5, 5.41) is 4.45. The first-order valence-electron chi connectivity index (χ1n) is 17.3. The average molecular weight is 654 g/mol. The molecule has 0 saturated carbocycles. The molecule has 0 aliphatic carbocycles. The van der Waals surface area contributed by atoms with Gasteiger partial charge in [0.1, 0.15) is 34.2 Å². The van der Waals surface area contributed by atoms with E-state index < -0.39 is 0 Å². The van der Waals surface area contributed by atoms with E-state index >= 15 is 0 Å². The Kier molecular flexibility index (Phi) is 6.01. The van der Waals surface area contributed by atoms with Gasteiger partial charge in [-0.1, -0.05) is 121 Å². The molecule has 0 unspecified atom stereocenters. The lowest BCUT2D eigenvalue weighted by Crippen LogP contribution is -2.57. The number of ether oxygens (including phenoxy) is 2.